The molecule has 0 fully saturated rings. The molecule has 0 aromatic carbocycles. The molecule has 1 amide bonds. The third kappa shape index (κ3) is 5.11. The van der Waals surface area contributed by atoms with Crippen LogP contribution in [0, 0.1) is 0 Å². The fraction of sp³-hybridized carbons (Fsp3) is 0.615. The number of aromatic nitrogens is 2. The fourth-order valence-electron chi connectivity index (χ4n) is 1.49. The van der Waals surface area contributed by atoms with Gasteiger partial charge in [0.25, 0.3) is 0 Å². The monoisotopic (exact) mass is 265 g/mol. The Morgan fingerprint density at radius 2 is 1.84 bits per heavy atom. The van der Waals surface area contributed by atoms with Crippen LogP contribution < -0.4 is 16.0 Å². The Hall–Kier alpha value is -1.85. The number of nitrogens with zero attached hydrogens (tertiary/aromatic N) is 2. The molecule has 0 atom stereocenters. The third-order valence-electron chi connectivity index (χ3n) is 2.40. The summed E-state index contributed by atoms with van der Waals surface area (Å²) in [7, 11) is 1.81. The van der Waals surface area contributed by atoms with Gasteiger partial charge in [0.2, 0.25) is 5.91 Å². The van der Waals surface area contributed by atoms with Crippen LogP contribution in [0.1, 0.15) is 39.4 Å². The van der Waals surface area contributed by atoms with Crippen molar-refractivity contribution in [1.29, 1.82) is 0 Å². The first-order valence-electron chi connectivity index (χ1n) is 6.52. The number of hydrogen-bond donors (Lipinski definition) is 3. The molecule has 0 spiro atoms. The highest BCUT2D eigenvalue weighted by Gasteiger charge is 2.09. The lowest BCUT2D eigenvalue weighted by atomic mass is 10.2. The van der Waals surface area contributed by atoms with E-state index in [9.17, 15) is 4.79 Å². The number of anilines is 2. The van der Waals surface area contributed by atoms with Gasteiger partial charge in [-0.15, -0.1) is 0 Å². The molecule has 3 N–H and O–H groups in total. The van der Waals surface area contributed by atoms with E-state index in [0.29, 0.717) is 5.82 Å². The first-order chi connectivity index (χ1) is 8.92. The van der Waals surface area contributed by atoms with E-state index in [1.807, 2.05) is 34.7 Å². The maximum Gasteiger partial charge on any atom is 0.239 e. The van der Waals surface area contributed by atoms with Gasteiger partial charge in [-0.1, -0.05) is 13.8 Å². The van der Waals surface area contributed by atoms with Crippen LogP contribution in [0.2, 0.25) is 0 Å². The summed E-state index contributed by atoms with van der Waals surface area (Å²) in [4.78, 5) is 20.3. The SMILES string of the molecule is CNc1cc(NCC(=O)NC(C)C)nc(C(C)C)n1. The summed E-state index contributed by atoms with van der Waals surface area (Å²) in [5.41, 5.74) is 0. The molecular formula is C13H23N5O. The summed E-state index contributed by atoms with van der Waals surface area (Å²) in [5, 5.41) is 8.83. The van der Waals surface area contributed by atoms with Gasteiger partial charge in [0.05, 0.1) is 6.54 Å². The number of carbonyl (C=O) groups is 1. The molecule has 0 aliphatic carbocycles. The second-order valence-electron chi connectivity index (χ2n) is 4.98. The standard InChI is InChI=1S/C13H23N5O/c1-8(2)13-17-10(14-5)6-11(18-13)15-7-12(19)16-9(3)4/h6,8-9H,7H2,1-5H3,(H,16,19)(H2,14,15,17,18). The van der Waals surface area contributed by atoms with E-state index in [1.54, 1.807) is 6.07 Å². The highest BCUT2D eigenvalue weighted by molar-refractivity contribution is 5.80. The van der Waals surface area contributed by atoms with Gasteiger partial charge in [-0.25, -0.2) is 9.97 Å². The quantitative estimate of drug-likeness (QED) is 0.728. The maximum atomic E-state index is 11.6. The molecule has 6 nitrogen and oxygen atoms in total. The van der Waals surface area contributed by atoms with Crippen LogP contribution in [0.15, 0.2) is 6.07 Å². The summed E-state index contributed by atoms with van der Waals surface area (Å²) < 4.78 is 0. The van der Waals surface area contributed by atoms with E-state index in [2.05, 4.69) is 25.9 Å². The zero-order valence-corrected chi connectivity index (χ0v) is 12.2. The fourth-order valence-corrected chi connectivity index (χ4v) is 1.49. The highest BCUT2D eigenvalue weighted by atomic mass is 16.1. The van der Waals surface area contributed by atoms with Crippen LogP contribution in [0.3, 0.4) is 0 Å². The summed E-state index contributed by atoms with van der Waals surface area (Å²) >= 11 is 0. The molecular weight excluding hydrogens is 242 g/mol. The lowest BCUT2D eigenvalue weighted by molar-refractivity contribution is -0.119. The second-order valence-corrected chi connectivity index (χ2v) is 4.98. The van der Waals surface area contributed by atoms with Crippen LogP contribution in [-0.2, 0) is 4.79 Å². The van der Waals surface area contributed by atoms with Crippen molar-refractivity contribution >= 4 is 17.5 Å². The Bertz CT molecular complexity index is 431. The summed E-state index contributed by atoms with van der Waals surface area (Å²) in [5.74, 6) is 2.33. The average Bonchev–Trinajstić information content (AvgIpc) is 2.35. The molecule has 1 aromatic rings. The number of hydrogen-bond acceptors (Lipinski definition) is 5. The Kier molecular flexibility index (Phi) is 5.54. The lowest BCUT2D eigenvalue weighted by Gasteiger charge is -2.12. The van der Waals surface area contributed by atoms with Crippen LogP contribution in [0.25, 0.3) is 0 Å². The lowest BCUT2D eigenvalue weighted by Crippen LogP contribution is -2.35. The molecule has 0 aliphatic rings. The summed E-state index contributed by atoms with van der Waals surface area (Å²) in [6.45, 7) is 8.13. The molecule has 1 aromatic heterocycles. The molecule has 106 valence electrons. The zero-order chi connectivity index (χ0) is 14.4. The van der Waals surface area contributed by atoms with Gasteiger partial charge < -0.3 is 16.0 Å². The maximum absolute atomic E-state index is 11.6. The van der Waals surface area contributed by atoms with E-state index in [-0.39, 0.29) is 24.4 Å². The number of nitrogens with one attached hydrogen (secondary N) is 3. The van der Waals surface area contributed by atoms with Crippen LogP contribution >= 0.6 is 0 Å². The van der Waals surface area contributed by atoms with Crippen molar-refractivity contribution in [1.82, 2.24) is 15.3 Å². The summed E-state index contributed by atoms with van der Waals surface area (Å²) in [6.07, 6.45) is 0. The molecule has 1 heterocycles. The Balaban J connectivity index is 2.72. The van der Waals surface area contributed by atoms with Crippen molar-refractivity contribution in [3.63, 3.8) is 0 Å². The van der Waals surface area contributed by atoms with Gasteiger partial charge in [0, 0.05) is 25.1 Å². The largest absolute Gasteiger partial charge is 0.373 e. The highest BCUT2D eigenvalue weighted by Crippen LogP contribution is 2.16. The van der Waals surface area contributed by atoms with Crippen molar-refractivity contribution in [2.24, 2.45) is 0 Å². The van der Waals surface area contributed by atoms with Gasteiger partial charge >= 0.3 is 0 Å². The van der Waals surface area contributed by atoms with Crippen molar-refractivity contribution in [3.05, 3.63) is 11.9 Å². The Morgan fingerprint density at radius 3 is 2.37 bits per heavy atom. The van der Waals surface area contributed by atoms with Gasteiger partial charge in [0.15, 0.2) is 0 Å². The molecule has 0 bridgehead atoms. The topological polar surface area (TPSA) is 78.9 Å². The molecule has 0 saturated heterocycles. The smallest absolute Gasteiger partial charge is 0.239 e. The van der Waals surface area contributed by atoms with E-state index < -0.39 is 0 Å². The number of rotatable bonds is 6. The molecule has 0 aliphatic heterocycles. The minimum atomic E-state index is -0.0503. The zero-order valence-electron chi connectivity index (χ0n) is 12.2. The van der Waals surface area contributed by atoms with Gasteiger partial charge in [-0.05, 0) is 13.8 Å². The Morgan fingerprint density at radius 1 is 1.21 bits per heavy atom. The predicted octanol–water partition coefficient (Wildman–Crippen LogP) is 1.58. The number of amides is 1. The average molecular weight is 265 g/mol. The Labute approximate surface area is 114 Å². The molecule has 0 unspecified atom stereocenters. The van der Waals surface area contributed by atoms with E-state index >= 15 is 0 Å². The van der Waals surface area contributed by atoms with Crippen LogP contribution in [-0.4, -0.2) is 35.5 Å². The van der Waals surface area contributed by atoms with Gasteiger partial charge in [-0.3, -0.25) is 4.79 Å². The third-order valence-corrected chi connectivity index (χ3v) is 2.40. The number of carbonyl (C=O) groups excluding carboxylic acids is 1. The predicted molar refractivity (Wildman–Crippen MR) is 77.4 cm³/mol. The summed E-state index contributed by atoms with van der Waals surface area (Å²) in [6, 6.07) is 1.92. The van der Waals surface area contributed by atoms with Crippen molar-refractivity contribution in [2.45, 2.75) is 39.7 Å². The molecule has 0 saturated carbocycles. The molecule has 19 heavy (non-hydrogen) atoms. The van der Waals surface area contributed by atoms with E-state index in [1.165, 1.54) is 0 Å². The van der Waals surface area contributed by atoms with E-state index in [4.69, 9.17) is 0 Å². The van der Waals surface area contributed by atoms with Crippen LogP contribution in [0.4, 0.5) is 11.6 Å². The second kappa shape index (κ2) is 6.92. The molecule has 0 radical (unpaired) electrons. The normalized spacial score (nSPS) is 10.7. The van der Waals surface area contributed by atoms with Crippen LogP contribution in [0.5, 0.6) is 0 Å². The minimum Gasteiger partial charge on any atom is -0.373 e. The van der Waals surface area contributed by atoms with E-state index in [0.717, 1.165) is 11.6 Å². The van der Waals surface area contributed by atoms with Gasteiger partial charge in [0.1, 0.15) is 17.5 Å². The molecule has 1 rings (SSSR count). The van der Waals surface area contributed by atoms with Crippen molar-refractivity contribution < 1.29 is 4.79 Å². The first-order valence-corrected chi connectivity index (χ1v) is 6.52. The van der Waals surface area contributed by atoms with Gasteiger partial charge in [-0.2, -0.15) is 0 Å². The first kappa shape index (κ1) is 15.2. The molecule has 6 heteroatoms. The van der Waals surface area contributed by atoms with Crippen molar-refractivity contribution in [3.8, 4) is 0 Å². The minimum absolute atomic E-state index is 0.0503. The van der Waals surface area contributed by atoms with Crippen molar-refractivity contribution in [2.75, 3.05) is 24.2 Å².